The van der Waals surface area contributed by atoms with Crippen LogP contribution in [0.4, 0.5) is 5.95 Å². The standard InChI is InChI=1S/C10H18N4O/c1-4-10(5-2,15-6-3)8-12-7-13-9(11)14-8/h7H,4-6H2,1-3H3,(H2,11,12,13,14). The molecule has 5 heteroatoms. The third-order valence-electron chi connectivity index (χ3n) is 2.56. The molecule has 15 heavy (non-hydrogen) atoms. The summed E-state index contributed by atoms with van der Waals surface area (Å²) in [4.78, 5) is 12.1. The fraction of sp³-hybridized carbons (Fsp3) is 0.700. The summed E-state index contributed by atoms with van der Waals surface area (Å²) < 4.78 is 5.76. The Balaban J connectivity index is 3.07. The lowest BCUT2D eigenvalue weighted by Crippen LogP contribution is -2.31. The summed E-state index contributed by atoms with van der Waals surface area (Å²) in [5.74, 6) is 0.868. The van der Waals surface area contributed by atoms with E-state index in [4.69, 9.17) is 10.5 Å². The molecule has 0 saturated heterocycles. The lowest BCUT2D eigenvalue weighted by atomic mass is 9.96. The van der Waals surface area contributed by atoms with Gasteiger partial charge in [0.25, 0.3) is 0 Å². The molecular weight excluding hydrogens is 192 g/mol. The molecule has 2 N–H and O–H groups in total. The highest BCUT2D eigenvalue weighted by Gasteiger charge is 2.32. The zero-order valence-corrected chi connectivity index (χ0v) is 9.53. The van der Waals surface area contributed by atoms with E-state index in [1.165, 1.54) is 6.33 Å². The van der Waals surface area contributed by atoms with Crippen molar-refractivity contribution in [2.24, 2.45) is 0 Å². The molecule has 5 nitrogen and oxygen atoms in total. The van der Waals surface area contributed by atoms with Crippen LogP contribution in [0.15, 0.2) is 6.33 Å². The predicted molar refractivity (Wildman–Crippen MR) is 58.1 cm³/mol. The molecule has 0 radical (unpaired) electrons. The monoisotopic (exact) mass is 210 g/mol. The van der Waals surface area contributed by atoms with Crippen LogP contribution in [0.2, 0.25) is 0 Å². The van der Waals surface area contributed by atoms with E-state index in [1.807, 2.05) is 6.92 Å². The Bertz CT molecular complexity index is 312. The first-order chi connectivity index (χ1) is 7.18. The Morgan fingerprint density at radius 1 is 1.27 bits per heavy atom. The van der Waals surface area contributed by atoms with Crippen molar-refractivity contribution in [3.05, 3.63) is 12.2 Å². The second kappa shape index (κ2) is 5.02. The highest BCUT2D eigenvalue weighted by Crippen LogP contribution is 2.30. The smallest absolute Gasteiger partial charge is 0.223 e. The number of aromatic nitrogens is 3. The molecule has 1 aromatic rings. The van der Waals surface area contributed by atoms with Crippen LogP contribution < -0.4 is 5.73 Å². The van der Waals surface area contributed by atoms with Gasteiger partial charge in [-0.2, -0.15) is 4.98 Å². The first kappa shape index (κ1) is 11.8. The fourth-order valence-corrected chi connectivity index (χ4v) is 1.64. The van der Waals surface area contributed by atoms with Gasteiger partial charge in [-0.25, -0.2) is 9.97 Å². The van der Waals surface area contributed by atoms with Crippen molar-refractivity contribution < 1.29 is 4.74 Å². The number of anilines is 1. The zero-order chi connectivity index (χ0) is 11.3. The Morgan fingerprint density at radius 2 is 1.93 bits per heavy atom. The number of rotatable bonds is 5. The highest BCUT2D eigenvalue weighted by atomic mass is 16.5. The van der Waals surface area contributed by atoms with Crippen molar-refractivity contribution in [3.8, 4) is 0 Å². The van der Waals surface area contributed by atoms with Crippen molar-refractivity contribution in [2.45, 2.75) is 39.2 Å². The lowest BCUT2D eigenvalue weighted by Gasteiger charge is -2.29. The maximum atomic E-state index is 5.76. The van der Waals surface area contributed by atoms with Gasteiger partial charge in [-0.1, -0.05) is 13.8 Å². The molecule has 0 unspecified atom stereocenters. The molecule has 0 aliphatic heterocycles. The predicted octanol–water partition coefficient (Wildman–Crippen LogP) is 1.51. The molecule has 0 bridgehead atoms. The van der Waals surface area contributed by atoms with Gasteiger partial charge in [0.2, 0.25) is 5.95 Å². The third kappa shape index (κ3) is 2.41. The average Bonchev–Trinajstić information content (AvgIpc) is 2.26. The molecule has 0 atom stereocenters. The maximum Gasteiger partial charge on any atom is 0.223 e. The SMILES string of the molecule is CCOC(CC)(CC)c1ncnc(N)n1. The number of nitrogen functional groups attached to an aromatic ring is 1. The van der Waals surface area contributed by atoms with Gasteiger partial charge in [0.05, 0.1) is 0 Å². The molecule has 0 aromatic carbocycles. The van der Waals surface area contributed by atoms with Gasteiger partial charge in [0, 0.05) is 6.61 Å². The number of ether oxygens (including phenoxy) is 1. The van der Waals surface area contributed by atoms with E-state index in [9.17, 15) is 0 Å². The van der Waals surface area contributed by atoms with Crippen LogP contribution in [0.1, 0.15) is 39.4 Å². The Hall–Kier alpha value is -1.23. The molecule has 84 valence electrons. The topological polar surface area (TPSA) is 73.9 Å². The summed E-state index contributed by atoms with van der Waals surface area (Å²) >= 11 is 0. The summed E-state index contributed by atoms with van der Waals surface area (Å²) in [6.07, 6.45) is 3.07. The van der Waals surface area contributed by atoms with E-state index >= 15 is 0 Å². The molecule has 1 aromatic heterocycles. The summed E-state index contributed by atoms with van der Waals surface area (Å²) in [5.41, 5.74) is 5.12. The molecular formula is C10H18N4O. The van der Waals surface area contributed by atoms with E-state index in [0.29, 0.717) is 12.4 Å². The Kier molecular flexibility index (Phi) is 3.96. The van der Waals surface area contributed by atoms with E-state index in [0.717, 1.165) is 12.8 Å². The Morgan fingerprint density at radius 3 is 2.40 bits per heavy atom. The number of nitrogens with zero attached hydrogens (tertiary/aromatic N) is 3. The minimum absolute atomic E-state index is 0.242. The van der Waals surface area contributed by atoms with Crippen LogP contribution >= 0.6 is 0 Å². The van der Waals surface area contributed by atoms with Gasteiger partial charge in [-0.3, -0.25) is 0 Å². The second-order valence-electron chi connectivity index (χ2n) is 3.30. The molecule has 0 saturated carbocycles. The van der Waals surface area contributed by atoms with Gasteiger partial charge in [0.1, 0.15) is 11.9 Å². The van der Waals surface area contributed by atoms with Gasteiger partial charge >= 0.3 is 0 Å². The minimum atomic E-state index is -0.425. The van der Waals surface area contributed by atoms with Crippen LogP contribution in [0, 0.1) is 0 Å². The number of hydrogen-bond acceptors (Lipinski definition) is 5. The van der Waals surface area contributed by atoms with Gasteiger partial charge < -0.3 is 10.5 Å². The van der Waals surface area contributed by atoms with Crippen molar-refractivity contribution >= 4 is 5.95 Å². The van der Waals surface area contributed by atoms with Crippen LogP contribution in [0.25, 0.3) is 0 Å². The minimum Gasteiger partial charge on any atom is -0.368 e. The summed E-state index contributed by atoms with van der Waals surface area (Å²) in [5, 5.41) is 0. The average molecular weight is 210 g/mol. The molecule has 1 rings (SSSR count). The van der Waals surface area contributed by atoms with E-state index in [2.05, 4.69) is 28.8 Å². The van der Waals surface area contributed by atoms with E-state index < -0.39 is 5.60 Å². The van der Waals surface area contributed by atoms with Crippen molar-refractivity contribution in [1.29, 1.82) is 0 Å². The molecule has 0 spiro atoms. The molecule has 0 aliphatic rings. The van der Waals surface area contributed by atoms with Crippen LogP contribution in [-0.2, 0) is 10.3 Å². The second-order valence-corrected chi connectivity index (χ2v) is 3.30. The van der Waals surface area contributed by atoms with Crippen LogP contribution in [0.5, 0.6) is 0 Å². The van der Waals surface area contributed by atoms with Gasteiger partial charge in [-0.15, -0.1) is 0 Å². The third-order valence-corrected chi connectivity index (χ3v) is 2.56. The lowest BCUT2D eigenvalue weighted by molar-refractivity contribution is -0.0572. The van der Waals surface area contributed by atoms with Crippen LogP contribution in [0.3, 0.4) is 0 Å². The summed E-state index contributed by atoms with van der Waals surface area (Å²) in [6, 6.07) is 0. The van der Waals surface area contributed by atoms with Crippen LogP contribution in [-0.4, -0.2) is 21.6 Å². The molecule has 0 fully saturated rings. The zero-order valence-electron chi connectivity index (χ0n) is 9.53. The van der Waals surface area contributed by atoms with Crippen molar-refractivity contribution in [3.63, 3.8) is 0 Å². The highest BCUT2D eigenvalue weighted by molar-refractivity contribution is 5.15. The normalized spacial score (nSPS) is 11.7. The molecule has 0 amide bonds. The van der Waals surface area contributed by atoms with Crippen molar-refractivity contribution in [1.82, 2.24) is 15.0 Å². The molecule has 1 heterocycles. The quantitative estimate of drug-likeness (QED) is 0.797. The number of nitrogens with two attached hydrogens (primary N) is 1. The van der Waals surface area contributed by atoms with E-state index in [-0.39, 0.29) is 5.95 Å². The maximum absolute atomic E-state index is 5.76. The van der Waals surface area contributed by atoms with E-state index in [1.54, 1.807) is 0 Å². The van der Waals surface area contributed by atoms with Gasteiger partial charge in [0.15, 0.2) is 5.82 Å². The van der Waals surface area contributed by atoms with Gasteiger partial charge in [-0.05, 0) is 19.8 Å². The van der Waals surface area contributed by atoms with Crippen molar-refractivity contribution in [2.75, 3.05) is 12.3 Å². The Labute approximate surface area is 90.1 Å². The first-order valence-electron chi connectivity index (χ1n) is 5.27. The molecule has 0 aliphatic carbocycles. The number of hydrogen-bond donors (Lipinski definition) is 1. The first-order valence-corrected chi connectivity index (χ1v) is 5.27. The largest absolute Gasteiger partial charge is 0.368 e. The summed E-state index contributed by atoms with van der Waals surface area (Å²) in [6.45, 7) is 6.70. The summed E-state index contributed by atoms with van der Waals surface area (Å²) in [7, 11) is 0. The fourth-order valence-electron chi connectivity index (χ4n) is 1.64.